The lowest BCUT2D eigenvalue weighted by molar-refractivity contribution is -0.147. The van der Waals surface area contributed by atoms with Crippen molar-refractivity contribution in [1.82, 2.24) is 19.4 Å². The van der Waals surface area contributed by atoms with Gasteiger partial charge in [0, 0.05) is 31.0 Å². The fourth-order valence-corrected chi connectivity index (χ4v) is 3.53. The third-order valence-corrected chi connectivity index (χ3v) is 4.84. The molecule has 0 bridgehead atoms. The first-order chi connectivity index (χ1) is 13.4. The van der Waals surface area contributed by atoms with Crippen molar-refractivity contribution in [3.63, 3.8) is 0 Å². The summed E-state index contributed by atoms with van der Waals surface area (Å²) in [5, 5.41) is 2.80. The first-order valence-electron chi connectivity index (χ1n) is 8.94. The van der Waals surface area contributed by atoms with Gasteiger partial charge in [-0.05, 0) is 37.1 Å². The molecule has 3 aromatic rings. The predicted molar refractivity (Wildman–Crippen MR) is 97.8 cm³/mol. The number of amides is 2. The lowest BCUT2D eigenvalue weighted by Crippen LogP contribution is -2.41. The van der Waals surface area contributed by atoms with Gasteiger partial charge in [-0.15, -0.1) is 0 Å². The van der Waals surface area contributed by atoms with E-state index < -0.39 is 18.0 Å². The van der Waals surface area contributed by atoms with Gasteiger partial charge in [-0.25, -0.2) is 14.8 Å². The SMILES string of the molecule is O=C(Nc1ccccc1)N1CCC(n2c(C(F)(F)F)nc3cccnc32)CC1. The molecule has 28 heavy (non-hydrogen) atoms. The summed E-state index contributed by atoms with van der Waals surface area (Å²) in [5.74, 6) is -0.937. The molecule has 1 saturated heterocycles. The minimum absolute atomic E-state index is 0.221. The van der Waals surface area contributed by atoms with Gasteiger partial charge in [0.2, 0.25) is 5.82 Å². The quantitative estimate of drug-likeness (QED) is 0.710. The van der Waals surface area contributed by atoms with Crippen LogP contribution in [0.3, 0.4) is 0 Å². The van der Waals surface area contributed by atoms with Crippen LogP contribution >= 0.6 is 0 Å². The molecule has 0 saturated carbocycles. The molecule has 146 valence electrons. The number of para-hydroxylation sites is 1. The molecule has 6 nitrogen and oxygen atoms in total. The Balaban J connectivity index is 1.52. The van der Waals surface area contributed by atoms with Gasteiger partial charge in [0.15, 0.2) is 5.65 Å². The number of pyridine rings is 1. The van der Waals surface area contributed by atoms with E-state index in [-0.39, 0.29) is 17.2 Å². The number of urea groups is 1. The number of imidazole rings is 1. The highest BCUT2D eigenvalue weighted by Gasteiger charge is 2.40. The number of piperidine rings is 1. The largest absolute Gasteiger partial charge is 0.449 e. The number of carbonyl (C=O) groups is 1. The van der Waals surface area contributed by atoms with Crippen molar-refractivity contribution >= 4 is 22.9 Å². The predicted octanol–water partition coefficient (Wildman–Crippen LogP) is 4.32. The maximum Gasteiger partial charge on any atom is 0.449 e. The number of halogens is 3. The van der Waals surface area contributed by atoms with Crippen LogP contribution in [0.15, 0.2) is 48.7 Å². The summed E-state index contributed by atoms with van der Waals surface area (Å²) < 4.78 is 41.7. The van der Waals surface area contributed by atoms with Crippen molar-refractivity contribution in [2.45, 2.75) is 25.1 Å². The zero-order chi connectivity index (χ0) is 19.7. The second-order valence-corrected chi connectivity index (χ2v) is 6.66. The van der Waals surface area contributed by atoms with Crippen LogP contribution in [0.25, 0.3) is 11.2 Å². The molecule has 0 unspecified atom stereocenters. The average Bonchev–Trinajstić information content (AvgIpc) is 3.09. The van der Waals surface area contributed by atoms with Crippen molar-refractivity contribution in [3.05, 3.63) is 54.5 Å². The Morgan fingerprint density at radius 3 is 2.46 bits per heavy atom. The number of aromatic nitrogens is 3. The summed E-state index contributed by atoms with van der Waals surface area (Å²) in [4.78, 5) is 21.9. The molecule has 2 aromatic heterocycles. The third kappa shape index (κ3) is 3.51. The molecule has 0 spiro atoms. The Hall–Kier alpha value is -3.10. The van der Waals surface area contributed by atoms with E-state index in [1.807, 2.05) is 18.2 Å². The summed E-state index contributed by atoms with van der Waals surface area (Å²) in [6, 6.07) is 11.5. The number of nitrogens with one attached hydrogen (secondary N) is 1. The number of fused-ring (bicyclic) bond motifs is 1. The van der Waals surface area contributed by atoms with E-state index in [4.69, 9.17) is 0 Å². The highest BCUT2D eigenvalue weighted by Crippen LogP contribution is 2.36. The van der Waals surface area contributed by atoms with Crippen molar-refractivity contribution in [2.24, 2.45) is 0 Å². The normalized spacial score (nSPS) is 15.8. The molecule has 0 aliphatic carbocycles. The molecule has 1 aliphatic heterocycles. The molecule has 9 heteroatoms. The number of benzene rings is 1. The van der Waals surface area contributed by atoms with Gasteiger partial charge in [0.25, 0.3) is 0 Å². The van der Waals surface area contributed by atoms with E-state index in [9.17, 15) is 18.0 Å². The van der Waals surface area contributed by atoms with Crippen LogP contribution in [0.4, 0.5) is 23.7 Å². The minimum Gasteiger partial charge on any atom is -0.324 e. The van der Waals surface area contributed by atoms with E-state index in [2.05, 4.69) is 15.3 Å². The van der Waals surface area contributed by atoms with Gasteiger partial charge < -0.3 is 14.8 Å². The van der Waals surface area contributed by atoms with Crippen LogP contribution in [0, 0.1) is 0 Å². The highest BCUT2D eigenvalue weighted by atomic mass is 19.4. The standard InChI is InChI=1S/C19H18F3N5O/c20-19(21,22)17-25-15-7-4-10-23-16(15)27(17)14-8-11-26(12-9-14)18(28)24-13-5-2-1-3-6-13/h1-7,10,14H,8-9,11-12H2,(H,24,28). The fraction of sp³-hybridized carbons (Fsp3) is 0.316. The van der Waals surface area contributed by atoms with E-state index in [0.29, 0.717) is 31.6 Å². The number of rotatable bonds is 2. The van der Waals surface area contributed by atoms with Crippen molar-refractivity contribution in [3.8, 4) is 0 Å². The van der Waals surface area contributed by atoms with Gasteiger partial charge in [-0.3, -0.25) is 0 Å². The lowest BCUT2D eigenvalue weighted by atomic mass is 10.0. The molecule has 3 heterocycles. The van der Waals surface area contributed by atoms with E-state index >= 15 is 0 Å². The van der Waals surface area contributed by atoms with E-state index in [1.54, 1.807) is 23.1 Å². The van der Waals surface area contributed by atoms with Gasteiger partial charge >= 0.3 is 12.2 Å². The van der Waals surface area contributed by atoms with Gasteiger partial charge in [0.1, 0.15) is 5.52 Å². The first-order valence-corrected chi connectivity index (χ1v) is 8.94. The third-order valence-electron chi connectivity index (χ3n) is 4.84. The topological polar surface area (TPSA) is 63.1 Å². The van der Waals surface area contributed by atoms with Crippen LogP contribution in [-0.2, 0) is 6.18 Å². The fourth-order valence-electron chi connectivity index (χ4n) is 3.53. The highest BCUT2D eigenvalue weighted by molar-refractivity contribution is 5.89. The first kappa shape index (κ1) is 18.3. The number of nitrogens with zero attached hydrogens (tertiary/aromatic N) is 4. The molecular weight excluding hydrogens is 371 g/mol. The van der Waals surface area contributed by atoms with E-state index in [0.717, 1.165) is 0 Å². The van der Waals surface area contributed by atoms with Crippen LogP contribution < -0.4 is 5.32 Å². The van der Waals surface area contributed by atoms with E-state index in [1.165, 1.54) is 16.8 Å². The minimum atomic E-state index is -4.57. The maximum absolute atomic E-state index is 13.5. The molecule has 4 rings (SSSR count). The molecule has 1 N–H and O–H groups in total. The number of hydrogen-bond donors (Lipinski definition) is 1. The van der Waals surface area contributed by atoms with Gasteiger partial charge in [0.05, 0.1) is 0 Å². The molecular formula is C19H18F3N5O. The molecule has 1 fully saturated rings. The van der Waals surface area contributed by atoms with Crippen LogP contribution in [0.2, 0.25) is 0 Å². The van der Waals surface area contributed by atoms with Crippen molar-refractivity contribution in [2.75, 3.05) is 18.4 Å². The number of carbonyl (C=O) groups excluding carboxylic acids is 1. The maximum atomic E-state index is 13.5. The summed E-state index contributed by atoms with van der Waals surface area (Å²) >= 11 is 0. The average molecular weight is 389 g/mol. The van der Waals surface area contributed by atoms with Crippen LogP contribution in [0.5, 0.6) is 0 Å². The number of alkyl halides is 3. The Bertz CT molecular complexity index is 978. The molecule has 2 amide bonds. The molecule has 1 aromatic carbocycles. The second kappa shape index (κ2) is 7.14. The Labute approximate surface area is 159 Å². The lowest BCUT2D eigenvalue weighted by Gasteiger charge is -2.33. The summed E-state index contributed by atoms with van der Waals surface area (Å²) in [6.45, 7) is 0.709. The van der Waals surface area contributed by atoms with Crippen molar-refractivity contribution in [1.29, 1.82) is 0 Å². The van der Waals surface area contributed by atoms with Crippen LogP contribution in [0.1, 0.15) is 24.7 Å². The van der Waals surface area contributed by atoms with Crippen molar-refractivity contribution < 1.29 is 18.0 Å². The molecule has 0 radical (unpaired) electrons. The van der Waals surface area contributed by atoms with Gasteiger partial charge in [-0.1, -0.05) is 18.2 Å². The van der Waals surface area contributed by atoms with Gasteiger partial charge in [-0.2, -0.15) is 13.2 Å². The Kier molecular flexibility index (Phi) is 4.66. The summed E-state index contributed by atoms with van der Waals surface area (Å²) in [6.07, 6.45) is -2.31. The summed E-state index contributed by atoms with van der Waals surface area (Å²) in [7, 11) is 0. The number of anilines is 1. The summed E-state index contributed by atoms with van der Waals surface area (Å²) in [5.41, 5.74) is 1.12. The smallest absolute Gasteiger partial charge is 0.324 e. The number of hydrogen-bond acceptors (Lipinski definition) is 3. The number of likely N-dealkylation sites (tertiary alicyclic amines) is 1. The Morgan fingerprint density at radius 1 is 1.07 bits per heavy atom. The Morgan fingerprint density at radius 2 is 1.79 bits per heavy atom. The second-order valence-electron chi connectivity index (χ2n) is 6.66. The molecule has 0 atom stereocenters. The van der Waals surface area contributed by atoms with Crippen LogP contribution in [-0.4, -0.2) is 38.6 Å². The zero-order valence-electron chi connectivity index (χ0n) is 14.9. The zero-order valence-corrected chi connectivity index (χ0v) is 14.9. The molecule has 1 aliphatic rings. The monoisotopic (exact) mass is 389 g/mol.